The van der Waals surface area contributed by atoms with Gasteiger partial charge in [0.15, 0.2) is 0 Å². The molecule has 0 saturated carbocycles. The van der Waals surface area contributed by atoms with Crippen LogP contribution < -0.4 is 5.32 Å². The first kappa shape index (κ1) is 16.7. The monoisotopic (exact) mass is 427 g/mol. The van der Waals surface area contributed by atoms with Crippen LogP contribution in [-0.4, -0.2) is 5.91 Å². The molecule has 3 heteroatoms. The number of carbonyl (C=O) groups excluding carboxylic acids is 1. The molecule has 120 valence electrons. The van der Waals surface area contributed by atoms with Gasteiger partial charge in [-0.15, -0.1) is 0 Å². The predicted octanol–water partition coefficient (Wildman–Crippen LogP) is 5.12. The highest BCUT2D eigenvalue weighted by Gasteiger charge is 2.17. The van der Waals surface area contributed by atoms with Crippen molar-refractivity contribution in [3.8, 4) is 0 Å². The number of rotatable bonds is 4. The zero-order valence-electron chi connectivity index (χ0n) is 13.4. The number of amides is 1. The van der Waals surface area contributed by atoms with Crippen LogP contribution in [0.3, 0.4) is 0 Å². The van der Waals surface area contributed by atoms with Crippen LogP contribution in [0.2, 0.25) is 0 Å². The summed E-state index contributed by atoms with van der Waals surface area (Å²) < 4.78 is 1.11. The Morgan fingerprint density at radius 3 is 2.04 bits per heavy atom. The molecule has 1 amide bonds. The van der Waals surface area contributed by atoms with Gasteiger partial charge in [0.25, 0.3) is 5.91 Å². The summed E-state index contributed by atoms with van der Waals surface area (Å²) in [5, 5.41) is 3.16. The van der Waals surface area contributed by atoms with Crippen LogP contribution in [0.1, 0.15) is 33.1 Å². The Bertz CT molecular complexity index is 811. The minimum Gasteiger partial charge on any atom is -0.341 e. The zero-order chi connectivity index (χ0) is 16.9. The molecule has 1 N–H and O–H groups in total. The van der Waals surface area contributed by atoms with Crippen molar-refractivity contribution in [2.75, 3.05) is 0 Å². The molecule has 0 aliphatic rings. The number of aryl methyl sites for hydroxylation is 1. The summed E-state index contributed by atoms with van der Waals surface area (Å²) in [5.41, 5.74) is 4.02. The van der Waals surface area contributed by atoms with Crippen LogP contribution in [-0.2, 0) is 0 Å². The van der Waals surface area contributed by atoms with Crippen molar-refractivity contribution in [3.63, 3.8) is 0 Å². The van der Waals surface area contributed by atoms with Gasteiger partial charge in [-0.1, -0.05) is 60.2 Å². The molecule has 0 aliphatic carbocycles. The third-order valence-corrected chi connectivity index (χ3v) is 4.64. The maximum absolute atomic E-state index is 12.7. The van der Waals surface area contributed by atoms with Crippen molar-refractivity contribution >= 4 is 28.5 Å². The summed E-state index contributed by atoms with van der Waals surface area (Å²) in [6.45, 7) is 2.06. The third kappa shape index (κ3) is 4.03. The fourth-order valence-electron chi connectivity index (χ4n) is 2.58. The molecular formula is C21H18INO. The van der Waals surface area contributed by atoms with E-state index in [9.17, 15) is 4.79 Å². The Kier molecular flexibility index (Phi) is 5.30. The molecule has 3 aromatic rings. The summed E-state index contributed by atoms with van der Waals surface area (Å²) >= 11 is 2.24. The van der Waals surface area contributed by atoms with Gasteiger partial charge < -0.3 is 5.32 Å². The van der Waals surface area contributed by atoms with E-state index >= 15 is 0 Å². The fourth-order valence-corrected chi connectivity index (χ4v) is 2.94. The van der Waals surface area contributed by atoms with E-state index in [1.165, 1.54) is 5.56 Å². The molecule has 3 rings (SSSR count). The molecule has 0 spiro atoms. The first-order valence-corrected chi connectivity index (χ1v) is 8.89. The van der Waals surface area contributed by atoms with Crippen molar-refractivity contribution in [3.05, 3.63) is 105 Å². The summed E-state index contributed by atoms with van der Waals surface area (Å²) in [6.07, 6.45) is 0. The lowest BCUT2D eigenvalue weighted by Crippen LogP contribution is -2.29. The Labute approximate surface area is 156 Å². The van der Waals surface area contributed by atoms with Gasteiger partial charge in [-0.3, -0.25) is 4.79 Å². The second kappa shape index (κ2) is 7.62. The van der Waals surface area contributed by atoms with E-state index in [-0.39, 0.29) is 11.9 Å². The van der Waals surface area contributed by atoms with Gasteiger partial charge in [-0.2, -0.15) is 0 Å². The van der Waals surface area contributed by atoms with Gasteiger partial charge in [0.2, 0.25) is 0 Å². The fraction of sp³-hybridized carbons (Fsp3) is 0.0952. The lowest BCUT2D eigenvalue weighted by atomic mass is 9.97. The summed E-state index contributed by atoms with van der Waals surface area (Å²) in [4.78, 5) is 12.7. The van der Waals surface area contributed by atoms with E-state index < -0.39 is 0 Å². The number of carbonyl (C=O) groups is 1. The van der Waals surface area contributed by atoms with E-state index in [1.807, 2.05) is 54.6 Å². The maximum Gasteiger partial charge on any atom is 0.252 e. The molecule has 0 aliphatic heterocycles. The molecular weight excluding hydrogens is 409 g/mol. The molecule has 0 heterocycles. The smallest absolute Gasteiger partial charge is 0.252 e. The molecule has 24 heavy (non-hydrogen) atoms. The highest BCUT2D eigenvalue weighted by molar-refractivity contribution is 14.1. The molecule has 0 saturated heterocycles. The van der Waals surface area contributed by atoms with E-state index in [4.69, 9.17) is 0 Å². The average Bonchev–Trinajstić information content (AvgIpc) is 2.62. The molecule has 0 unspecified atom stereocenters. The van der Waals surface area contributed by atoms with Gasteiger partial charge in [0.05, 0.1) is 6.04 Å². The van der Waals surface area contributed by atoms with Crippen LogP contribution in [0.4, 0.5) is 0 Å². The second-order valence-corrected chi connectivity index (χ2v) is 6.98. The summed E-state index contributed by atoms with van der Waals surface area (Å²) in [7, 11) is 0. The van der Waals surface area contributed by atoms with Gasteiger partial charge in [-0.25, -0.2) is 0 Å². The van der Waals surface area contributed by atoms with E-state index in [0.29, 0.717) is 5.56 Å². The summed E-state index contributed by atoms with van der Waals surface area (Å²) in [5.74, 6) is -0.0687. The van der Waals surface area contributed by atoms with Crippen LogP contribution in [0.5, 0.6) is 0 Å². The Morgan fingerprint density at radius 1 is 0.833 bits per heavy atom. The van der Waals surface area contributed by atoms with Crippen LogP contribution >= 0.6 is 22.6 Å². The largest absolute Gasteiger partial charge is 0.341 e. The van der Waals surface area contributed by atoms with Gasteiger partial charge in [-0.05, 0) is 64.9 Å². The van der Waals surface area contributed by atoms with Gasteiger partial charge in [0.1, 0.15) is 0 Å². The third-order valence-electron chi connectivity index (χ3n) is 3.93. The van der Waals surface area contributed by atoms with Crippen molar-refractivity contribution in [1.29, 1.82) is 0 Å². The van der Waals surface area contributed by atoms with Crippen molar-refractivity contribution < 1.29 is 4.79 Å². The van der Waals surface area contributed by atoms with E-state index in [2.05, 4.69) is 59.1 Å². The van der Waals surface area contributed by atoms with E-state index in [0.717, 1.165) is 14.7 Å². The Morgan fingerprint density at radius 2 is 1.42 bits per heavy atom. The second-order valence-electron chi connectivity index (χ2n) is 5.73. The standard InChI is InChI=1S/C21H18INO/c1-15-7-9-17(10-8-15)20(16-5-3-2-4-6-16)23-21(24)18-11-13-19(22)14-12-18/h2-14,20H,1H3,(H,23,24)/t20-/m1/s1. The summed E-state index contributed by atoms with van der Waals surface area (Å²) in [6, 6.07) is 25.8. The Hall–Kier alpha value is -2.14. The van der Waals surface area contributed by atoms with Crippen LogP contribution in [0, 0.1) is 10.5 Å². The maximum atomic E-state index is 12.7. The van der Waals surface area contributed by atoms with Crippen LogP contribution in [0.15, 0.2) is 78.9 Å². The first-order valence-electron chi connectivity index (χ1n) is 7.81. The minimum atomic E-state index is -0.168. The number of benzene rings is 3. The quantitative estimate of drug-likeness (QED) is 0.576. The minimum absolute atomic E-state index is 0.0687. The topological polar surface area (TPSA) is 29.1 Å². The van der Waals surface area contributed by atoms with Gasteiger partial charge >= 0.3 is 0 Å². The molecule has 0 aromatic heterocycles. The lowest BCUT2D eigenvalue weighted by molar-refractivity contribution is 0.0943. The molecule has 2 nitrogen and oxygen atoms in total. The van der Waals surface area contributed by atoms with Crippen LogP contribution in [0.25, 0.3) is 0 Å². The lowest BCUT2D eigenvalue weighted by Gasteiger charge is -2.20. The average molecular weight is 427 g/mol. The van der Waals surface area contributed by atoms with E-state index in [1.54, 1.807) is 0 Å². The zero-order valence-corrected chi connectivity index (χ0v) is 15.5. The molecule has 0 fully saturated rings. The number of nitrogens with one attached hydrogen (secondary N) is 1. The predicted molar refractivity (Wildman–Crippen MR) is 106 cm³/mol. The normalized spacial score (nSPS) is 11.8. The molecule has 0 bridgehead atoms. The first-order chi connectivity index (χ1) is 11.6. The highest BCUT2D eigenvalue weighted by Crippen LogP contribution is 2.23. The molecule has 1 atom stereocenters. The number of halogens is 1. The van der Waals surface area contributed by atoms with Gasteiger partial charge in [0, 0.05) is 9.13 Å². The number of hydrogen-bond donors (Lipinski definition) is 1. The Balaban J connectivity index is 1.91. The number of hydrogen-bond acceptors (Lipinski definition) is 1. The van der Waals surface area contributed by atoms with Crippen molar-refractivity contribution in [2.24, 2.45) is 0 Å². The SMILES string of the molecule is Cc1ccc([C@H](NC(=O)c2ccc(I)cc2)c2ccccc2)cc1. The molecule has 0 radical (unpaired) electrons. The molecule has 3 aromatic carbocycles. The van der Waals surface area contributed by atoms with Crippen molar-refractivity contribution in [1.82, 2.24) is 5.32 Å². The highest BCUT2D eigenvalue weighted by atomic mass is 127. The van der Waals surface area contributed by atoms with Crippen molar-refractivity contribution in [2.45, 2.75) is 13.0 Å².